The first-order chi connectivity index (χ1) is 9.79. The zero-order chi connectivity index (χ0) is 14.2. The molecule has 0 bridgehead atoms. The van der Waals surface area contributed by atoms with Crippen molar-refractivity contribution in [3.05, 3.63) is 34.9 Å². The first kappa shape index (κ1) is 15.2. The number of likely N-dealkylation sites (tertiary alicyclic amines) is 1. The summed E-state index contributed by atoms with van der Waals surface area (Å²) in [6.07, 6.45) is 4.70. The van der Waals surface area contributed by atoms with Crippen molar-refractivity contribution in [2.24, 2.45) is 4.99 Å². The van der Waals surface area contributed by atoms with Crippen LogP contribution in [0.25, 0.3) is 0 Å². The standard InChI is InChI=1S/C16H24ClN3/c1-2-18-16(20-12-3-4-13-20)19-11-5-6-14-7-9-15(17)10-8-14/h7-10H,2-6,11-13H2,1H3,(H,18,19). The van der Waals surface area contributed by atoms with E-state index in [-0.39, 0.29) is 0 Å². The number of benzene rings is 1. The van der Waals surface area contributed by atoms with Gasteiger partial charge in [-0.25, -0.2) is 0 Å². The molecule has 4 heteroatoms. The zero-order valence-electron chi connectivity index (χ0n) is 12.2. The Bertz CT molecular complexity index is 422. The van der Waals surface area contributed by atoms with Crippen molar-refractivity contribution in [2.45, 2.75) is 32.6 Å². The lowest BCUT2D eigenvalue weighted by Crippen LogP contribution is -2.39. The van der Waals surface area contributed by atoms with Crippen molar-refractivity contribution in [3.63, 3.8) is 0 Å². The summed E-state index contributed by atoms with van der Waals surface area (Å²) in [6, 6.07) is 8.10. The number of nitrogens with one attached hydrogen (secondary N) is 1. The van der Waals surface area contributed by atoms with E-state index in [1.165, 1.54) is 18.4 Å². The molecule has 1 aliphatic heterocycles. The first-order valence-corrected chi connectivity index (χ1v) is 7.95. The van der Waals surface area contributed by atoms with Gasteiger partial charge in [0.2, 0.25) is 0 Å². The quantitative estimate of drug-likeness (QED) is 0.512. The van der Waals surface area contributed by atoms with Crippen LogP contribution in [0, 0.1) is 0 Å². The van der Waals surface area contributed by atoms with Gasteiger partial charge in [0.25, 0.3) is 0 Å². The van der Waals surface area contributed by atoms with Gasteiger partial charge in [0.1, 0.15) is 0 Å². The number of aliphatic imine (C=N–C) groups is 1. The van der Waals surface area contributed by atoms with Crippen LogP contribution in [0.15, 0.2) is 29.3 Å². The van der Waals surface area contributed by atoms with E-state index in [1.54, 1.807) is 0 Å². The van der Waals surface area contributed by atoms with Crippen molar-refractivity contribution < 1.29 is 0 Å². The van der Waals surface area contributed by atoms with Crippen LogP contribution in [0.4, 0.5) is 0 Å². The Morgan fingerprint density at radius 3 is 2.60 bits per heavy atom. The normalized spacial score (nSPS) is 15.7. The van der Waals surface area contributed by atoms with Gasteiger partial charge in [-0.15, -0.1) is 0 Å². The van der Waals surface area contributed by atoms with E-state index >= 15 is 0 Å². The molecular weight excluding hydrogens is 270 g/mol. The molecular formula is C16H24ClN3. The Labute approximate surface area is 127 Å². The molecule has 110 valence electrons. The number of hydrogen-bond acceptors (Lipinski definition) is 1. The highest BCUT2D eigenvalue weighted by atomic mass is 35.5. The summed E-state index contributed by atoms with van der Waals surface area (Å²) in [6.45, 7) is 6.22. The molecule has 1 saturated heterocycles. The van der Waals surface area contributed by atoms with E-state index in [0.717, 1.165) is 50.0 Å². The van der Waals surface area contributed by atoms with Gasteiger partial charge in [-0.05, 0) is 50.3 Å². The largest absolute Gasteiger partial charge is 0.357 e. The Balaban J connectivity index is 1.79. The van der Waals surface area contributed by atoms with E-state index in [9.17, 15) is 0 Å². The van der Waals surface area contributed by atoms with E-state index in [2.05, 4.69) is 29.3 Å². The minimum atomic E-state index is 0.801. The molecule has 0 spiro atoms. The predicted octanol–water partition coefficient (Wildman–Crippen LogP) is 3.33. The van der Waals surface area contributed by atoms with Crippen LogP contribution in [-0.4, -0.2) is 37.0 Å². The maximum absolute atomic E-state index is 5.89. The summed E-state index contributed by atoms with van der Waals surface area (Å²) in [7, 11) is 0. The molecule has 0 aromatic heterocycles. The van der Waals surface area contributed by atoms with Crippen LogP contribution in [0.5, 0.6) is 0 Å². The molecule has 1 aromatic rings. The van der Waals surface area contributed by atoms with Gasteiger partial charge in [0, 0.05) is 31.2 Å². The number of halogens is 1. The molecule has 0 unspecified atom stereocenters. The second-order valence-electron chi connectivity index (χ2n) is 5.16. The lowest BCUT2D eigenvalue weighted by Gasteiger charge is -2.20. The lowest BCUT2D eigenvalue weighted by atomic mass is 10.1. The molecule has 1 N–H and O–H groups in total. The first-order valence-electron chi connectivity index (χ1n) is 7.57. The Kier molecular flexibility index (Phi) is 6.19. The van der Waals surface area contributed by atoms with Crippen molar-refractivity contribution in [3.8, 4) is 0 Å². The Morgan fingerprint density at radius 2 is 1.95 bits per heavy atom. The van der Waals surface area contributed by atoms with Crippen LogP contribution in [0.2, 0.25) is 5.02 Å². The van der Waals surface area contributed by atoms with Gasteiger partial charge < -0.3 is 10.2 Å². The molecule has 0 atom stereocenters. The number of guanidine groups is 1. The molecule has 20 heavy (non-hydrogen) atoms. The third-order valence-electron chi connectivity index (χ3n) is 3.54. The number of nitrogens with zero attached hydrogens (tertiary/aromatic N) is 2. The number of aryl methyl sites for hydroxylation is 1. The monoisotopic (exact) mass is 293 g/mol. The summed E-state index contributed by atoms with van der Waals surface area (Å²) in [5.41, 5.74) is 1.33. The number of hydrogen-bond donors (Lipinski definition) is 1. The Hall–Kier alpha value is -1.22. The maximum atomic E-state index is 5.89. The highest BCUT2D eigenvalue weighted by Crippen LogP contribution is 2.11. The molecule has 3 nitrogen and oxygen atoms in total. The topological polar surface area (TPSA) is 27.6 Å². The summed E-state index contributed by atoms with van der Waals surface area (Å²) >= 11 is 5.89. The summed E-state index contributed by atoms with van der Waals surface area (Å²) < 4.78 is 0. The molecule has 0 radical (unpaired) electrons. The van der Waals surface area contributed by atoms with Gasteiger partial charge in [0.05, 0.1) is 0 Å². The molecule has 1 fully saturated rings. The van der Waals surface area contributed by atoms with Gasteiger partial charge >= 0.3 is 0 Å². The highest BCUT2D eigenvalue weighted by Gasteiger charge is 2.14. The summed E-state index contributed by atoms with van der Waals surface area (Å²) in [4.78, 5) is 7.10. The minimum Gasteiger partial charge on any atom is -0.357 e. The fourth-order valence-corrected chi connectivity index (χ4v) is 2.60. The summed E-state index contributed by atoms with van der Waals surface area (Å²) in [5.74, 6) is 1.08. The van der Waals surface area contributed by atoms with Gasteiger partial charge in [-0.3, -0.25) is 4.99 Å². The molecule has 0 saturated carbocycles. The highest BCUT2D eigenvalue weighted by molar-refractivity contribution is 6.30. The van der Waals surface area contributed by atoms with Crippen LogP contribution < -0.4 is 5.32 Å². The minimum absolute atomic E-state index is 0.801. The van der Waals surface area contributed by atoms with E-state index in [0.29, 0.717) is 0 Å². The molecule has 1 aromatic carbocycles. The molecule has 1 aliphatic rings. The fourth-order valence-electron chi connectivity index (χ4n) is 2.47. The number of rotatable bonds is 5. The van der Waals surface area contributed by atoms with Crippen molar-refractivity contribution in [1.29, 1.82) is 0 Å². The van der Waals surface area contributed by atoms with Crippen LogP contribution in [0.1, 0.15) is 31.7 Å². The second kappa shape index (κ2) is 8.15. The maximum Gasteiger partial charge on any atom is 0.193 e. The van der Waals surface area contributed by atoms with Gasteiger partial charge in [0.15, 0.2) is 5.96 Å². The third-order valence-corrected chi connectivity index (χ3v) is 3.79. The Morgan fingerprint density at radius 1 is 1.25 bits per heavy atom. The van der Waals surface area contributed by atoms with E-state index in [1.807, 2.05) is 12.1 Å². The fraction of sp³-hybridized carbons (Fsp3) is 0.562. The van der Waals surface area contributed by atoms with Crippen molar-refractivity contribution in [2.75, 3.05) is 26.2 Å². The van der Waals surface area contributed by atoms with Crippen LogP contribution in [0.3, 0.4) is 0 Å². The second-order valence-corrected chi connectivity index (χ2v) is 5.60. The van der Waals surface area contributed by atoms with E-state index in [4.69, 9.17) is 16.6 Å². The lowest BCUT2D eigenvalue weighted by molar-refractivity contribution is 0.493. The summed E-state index contributed by atoms with van der Waals surface area (Å²) in [5, 5.41) is 4.19. The zero-order valence-corrected chi connectivity index (χ0v) is 13.0. The van der Waals surface area contributed by atoms with E-state index < -0.39 is 0 Å². The molecule has 1 heterocycles. The smallest absolute Gasteiger partial charge is 0.193 e. The molecule has 0 amide bonds. The van der Waals surface area contributed by atoms with Crippen LogP contribution >= 0.6 is 11.6 Å². The third kappa shape index (κ3) is 4.71. The van der Waals surface area contributed by atoms with Gasteiger partial charge in [-0.1, -0.05) is 23.7 Å². The van der Waals surface area contributed by atoms with Crippen molar-refractivity contribution in [1.82, 2.24) is 10.2 Å². The average Bonchev–Trinajstić information content (AvgIpc) is 2.98. The average molecular weight is 294 g/mol. The van der Waals surface area contributed by atoms with Gasteiger partial charge in [-0.2, -0.15) is 0 Å². The predicted molar refractivity (Wildman–Crippen MR) is 86.6 cm³/mol. The molecule has 2 rings (SSSR count). The van der Waals surface area contributed by atoms with Crippen molar-refractivity contribution >= 4 is 17.6 Å². The SMILES string of the molecule is CCNC(=NCCCc1ccc(Cl)cc1)N1CCCC1. The van der Waals surface area contributed by atoms with Crippen LogP contribution in [-0.2, 0) is 6.42 Å². The molecule has 0 aliphatic carbocycles.